The first-order valence-electron chi connectivity index (χ1n) is 4.69. The lowest BCUT2D eigenvalue weighted by atomic mass is 10.1. The van der Waals surface area contributed by atoms with Gasteiger partial charge in [0.1, 0.15) is 11.6 Å². The average Bonchev–Trinajstić information content (AvgIpc) is 2.21. The Balaban J connectivity index is 2.95. The minimum absolute atomic E-state index is 0.109. The standard InChI is InChI=1S/C11H10F3NO2/c12-8-4-2-5-9(17-11(13)14)7(8)3-1-6-10(15)16/h1-5,11H,6H2,(H2,15,16). The van der Waals surface area contributed by atoms with Crippen LogP contribution < -0.4 is 10.5 Å². The monoisotopic (exact) mass is 245 g/mol. The molecule has 0 spiro atoms. The van der Waals surface area contributed by atoms with E-state index in [1.165, 1.54) is 24.3 Å². The molecular formula is C11H10F3NO2. The van der Waals surface area contributed by atoms with Gasteiger partial charge in [-0.1, -0.05) is 18.2 Å². The second-order valence-electron chi connectivity index (χ2n) is 3.10. The number of amides is 1. The molecule has 1 aromatic carbocycles. The van der Waals surface area contributed by atoms with Crippen molar-refractivity contribution in [1.29, 1.82) is 0 Å². The van der Waals surface area contributed by atoms with Crippen molar-refractivity contribution in [3.8, 4) is 5.75 Å². The van der Waals surface area contributed by atoms with Gasteiger partial charge in [-0.25, -0.2) is 4.39 Å². The molecule has 0 atom stereocenters. The molecule has 17 heavy (non-hydrogen) atoms. The lowest BCUT2D eigenvalue weighted by Gasteiger charge is -2.08. The number of hydrogen-bond donors (Lipinski definition) is 1. The normalized spacial score (nSPS) is 11.1. The summed E-state index contributed by atoms with van der Waals surface area (Å²) in [5, 5.41) is 0. The van der Waals surface area contributed by atoms with Crippen molar-refractivity contribution < 1.29 is 22.7 Å². The molecule has 0 unspecified atom stereocenters. The number of carbonyl (C=O) groups excluding carboxylic acids is 1. The predicted molar refractivity (Wildman–Crippen MR) is 55.9 cm³/mol. The highest BCUT2D eigenvalue weighted by Crippen LogP contribution is 2.24. The highest BCUT2D eigenvalue weighted by Gasteiger charge is 2.11. The highest BCUT2D eigenvalue weighted by molar-refractivity contribution is 5.76. The van der Waals surface area contributed by atoms with Crippen LogP contribution in [0.2, 0.25) is 0 Å². The molecule has 0 aliphatic carbocycles. The van der Waals surface area contributed by atoms with Gasteiger partial charge in [-0.15, -0.1) is 0 Å². The molecule has 0 saturated carbocycles. The number of ether oxygens (including phenoxy) is 1. The van der Waals surface area contributed by atoms with Crippen molar-refractivity contribution in [1.82, 2.24) is 0 Å². The maximum Gasteiger partial charge on any atom is 0.387 e. The molecule has 2 N–H and O–H groups in total. The molecule has 3 nitrogen and oxygen atoms in total. The molecule has 0 aliphatic heterocycles. The van der Waals surface area contributed by atoms with E-state index >= 15 is 0 Å². The SMILES string of the molecule is NC(=O)CC=Cc1c(F)cccc1OC(F)F. The molecule has 92 valence electrons. The van der Waals surface area contributed by atoms with E-state index in [1.54, 1.807) is 0 Å². The molecule has 0 fully saturated rings. The van der Waals surface area contributed by atoms with E-state index in [2.05, 4.69) is 4.74 Å². The maximum absolute atomic E-state index is 13.3. The predicted octanol–water partition coefficient (Wildman–Crippen LogP) is 2.32. The van der Waals surface area contributed by atoms with Crippen molar-refractivity contribution in [2.24, 2.45) is 5.73 Å². The van der Waals surface area contributed by atoms with Crippen molar-refractivity contribution in [3.05, 3.63) is 35.7 Å². The van der Waals surface area contributed by atoms with Crippen LogP contribution in [-0.4, -0.2) is 12.5 Å². The van der Waals surface area contributed by atoms with Crippen LogP contribution >= 0.6 is 0 Å². The van der Waals surface area contributed by atoms with Gasteiger partial charge in [0.15, 0.2) is 0 Å². The van der Waals surface area contributed by atoms with Gasteiger partial charge in [0, 0.05) is 6.42 Å². The van der Waals surface area contributed by atoms with Gasteiger partial charge in [-0.05, 0) is 12.1 Å². The maximum atomic E-state index is 13.3. The van der Waals surface area contributed by atoms with E-state index in [-0.39, 0.29) is 17.7 Å². The summed E-state index contributed by atoms with van der Waals surface area (Å²) in [6.45, 7) is -3.04. The molecule has 0 bridgehead atoms. The van der Waals surface area contributed by atoms with Gasteiger partial charge in [-0.2, -0.15) is 8.78 Å². The van der Waals surface area contributed by atoms with Crippen LogP contribution in [0.5, 0.6) is 5.75 Å². The number of rotatable bonds is 5. The molecule has 0 aromatic heterocycles. The molecule has 0 heterocycles. The summed E-state index contributed by atoms with van der Waals surface area (Å²) >= 11 is 0. The van der Waals surface area contributed by atoms with Crippen LogP contribution in [0.15, 0.2) is 24.3 Å². The lowest BCUT2D eigenvalue weighted by Crippen LogP contribution is -2.08. The van der Waals surface area contributed by atoms with E-state index in [9.17, 15) is 18.0 Å². The van der Waals surface area contributed by atoms with Crippen molar-refractivity contribution in [2.45, 2.75) is 13.0 Å². The van der Waals surface area contributed by atoms with E-state index < -0.39 is 18.3 Å². The number of hydrogen-bond acceptors (Lipinski definition) is 2. The third kappa shape index (κ3) is 4.18. The number of nitrogens with two attached hydrogens (primary N) is 1. The van der Waals surface area contributed by atoms with Crippen molar-refractivity contribution >= 4 is 12.0 Å². The fourth-order valence-corrected chi connectivity index (χ4v) is 1.17. The largest absolute Gasteiger partial charge is 0.434 e. The zero-order chi connectivity index (χ0) is 12.8. The number of halogens is 3. The van der Waals surface area contributed by atoms with Crippen LogP contribution in [0.4, 0.5) is 13.2 Å². The van der Waals surface area contributed by atoms with E-state index in [0.29, 0.717) is 0 Å². The fourth-order valence-electron chi connectivity index (χ4n) is 1.17. The Morgan fingerprint density at radius 3 is 2.76 bits per heavy atom. The molecule has 0 aliphatic rings. The summed E-state index contributed by atoms with van der Waals surface area (Å²) in [5.74, 6) is -1.61. The van der Waals surface area contributed by atoms with E-state index in [1.807, 2.05) is 0 Å². The van der Waals surface area contributed by atoms with Crippen molar-refractivity contribution in [2.75, 3.05) is 0 Å². The van der Waals surface area contributed by atoms with Crippen LogP contribution in [0.25, 0.3) is 6.08 Å². The van der Waals surface area contributed by atoms with Gasteiger partial charge in [0.2, 0.25) is 5.91 Å². The first-order chi connectivity index (χ1) is 8.00. The zero-order valence-electron chi connectivity index (χ0n) is 8.70. The molecule has 0 saturated heterocycles. The molecule has 1 aromatic rings. The summed E-state index contributed by atoms with van der Waals surface area (Å²) in [5.41, 5.74) is 4.73. The summed E-state index contributed by atoms with van der Waals surface area (Å²) in [6.07, 6.45) is 2.35. The third-order valence-corrected chi connectivity index (χ3v) is 1.83. The van der Waals surface area contributed by atoms with Gasteiger partial charge in [-0.3, -0.25) is 4.79 Å². The van der Waals surface area contributed by atoms with Crippen molar-refractivity contribution in [3.63, 3.8) is 0 Å². The van der Waals surface area contributed by atoms with E-state index in [0.717, 1.165) is 6.07 Å². The number of carbonyl (C=O) groups is 1. The summed E-state index contributed by atoms with van der Waals surface area (Å²) in [7, 11) is 0. The molecule has 1 rings (SSSR count). The Labute approximate surface area is 95.7 Å². The van der Waals surface area contributed by atoms with Gasteiger partial charge >= 0.3 is 6.61 Å². The number of primary amides is 1. The number of alkyl halides is 2. The molecular weight excluding hydrogens is 235 g/mol. The van der Waals surface area contributed by atoms with Crippen LogP contribution in [0.3, 0.4) is 0 Å². The van der Waals surface area contributed by atoms with Crippen LogP contribution in [-0.2, 0) is 4.79 Å². The Morgan fingerprint density at radius 1 is 1.47 bits per heavy atom. The second-order valence-corrected chi connectivity index (χ2v) is 3.10. The lowest BCUT2D eigenvalue weighted by molar-refractivity contribution is -0.117. The van der Waals surface area contributed by atoms with Crippen LogP contribution in [0.1, 0.15) is 12.0 Å². The fraction of sp³-hybridized carbons (Fsp3) is 0.182. The molecule has 6 heteroatoms. The third-order valence-electron chi connectivity index (χ3n) is 1.83. The Kier molecular flexibility index (Phi) is 4.56. The molecule has 1 amide bonds. The highest BCUT2D eigenvalue weighted by atomic mass is 19.3. The minimum atomic E-state index is -3.04. The Bertz CT molecular complexity index is 433. The average molecular weight is 245 g/mol. The number of benzene rings is 1. The first kappa shape index (κ1) is 13.1. The molecule has 0 radical (unpaired) electrons. The first-order valence-corrected chi connectivity index (χ1v) is 4.69. The quantitative estimate of drug-likeness (QED) is 0.865. The minimum Gasteiger partial charge on any atom is -0.434 e. The summed E-state index contributed by atoms with van der Waals surface area (Å²) in [4.78, 5) is 10.5. The van der Waals surface area contributed by atoms with Gasteiger partial charge in [0.05, 0.1) is 5.56 Å². The summed E-state index contributed by atoms with van der Waals surface area (Å²) < 4.78 is 41.6. The topological polar surface area (TPSA) is 52.3 Å². The van der Waals surface area contributed by atoms with Gasteiger partial charge < -0.3 is 10.5 Å². The summed E-state index contributed by atoms with van der Waals surface area (Å²) in [6, 6.07) is 3.56. The zero-order valence-corrected chi connectivity index (χ0v) is 8.70. The Morgan fingerprint density at radius 2 is 2.18 bits per heavy atom. The van der Waals surface area contributed by atoms with Gasteiger partial charge in [0.25, 0.3) is 0 Å². The van der Waals surface area contributed by atoms with E-state index in [4.69, 9.17) is 5.73 Å². The van der Waals surface area contributed by atoms with Crippen LogP contribution in [0, 0.1) is 5.82 Å². The second kappa shape index (κ2) is 5.93. The Hall–Kier alpha value is -1.98. The smallest absolute Gasteiger partial charge is 0.387 e.